The summed E-state index contributed by atoms with van der Waals surface area (Å²) in [6.07, 6.45) is 1.22. The molecule has 3 aromatic carbocycles. The maximum absolute atomic E-state index is 14.4. The number of methoxy groups -OCH3 is 1. The van der Waals surface area contributed by atoms with E-state index >= 15 is 0 Å². The van der Waals surface area contributed by atoms with Gasteiger partial charge in [0.1, 0.15) is 5.75 Å². The molecule has 0 unspecified atom stereocenters. The number of likely N-dealkylation sites (tertiary alicyclic amines) is 1. The lowest BCUT2D eigenvalue weighted by Crippen LogP contribution is -2.52. The molecule has 0 radical (unpaired) electrons. The van der Waals surface area contributed by atoms with Crippen molar-refractivity contribution in [3.05, 3.63) is 83.9 Å². The molecule has 3 aromatic rings. The fraction of sp³-hybridized carbons (Fsp3) is 0.417. The fourth-order valence-corrected chi connectivity index (χ4v) is 12.1. The molecule has 6 rings (SSSR count). The average molecular weight is 642 g/mol. The second kappa shape index (κ2) is 12.3. The molecule has 5 atom stereocenters. The normalized spacial score (nSPS) is 25.7. The molecule has 9 nitrogen and oxygen atoms in total. The predicted molar refractivity (Wildman–Crippen MR) is 180 cm³/mol. The highest BCUT2D eigenvalue weighted by Gasteiger charge is 2.66. The number of fused-ring (bicyclic) bond motifs is 2. The highest BCUT2D eigenvalue weighted by molar-refractivity contribution is 6.91. The Hall–Kier alpha value is -3.99. The molecule has 10 heteroatoms. The molecule has 46 heavy (non-hydrogen) atoms. The van der Waals surface area contributed by atoms with E-state index in [0.29, 0.717) is 23.4 Å². The molecule has 2 fully saturated rings. The van der Waals surface area contributed by atoms with Crippen LogP contribution < -0.4 is 20.1 Å². The number of carbonyl (C=O) groups excluding carboxylic acids is 3. The van der Waals surface area contributed by atoms with Crippen LogP contribution in [-0.2, 0) is 19.9 Å². The Kier molecular flexibility index (Phi) is 8.56. The van der Waals surface area contributed by atoms with Crippen LogP contribution in [0.5, 0.6) is 5.75 Å². The number of aliphatic hydroxyl groups excluding tert-OH is 1. The molecular weight excluding hydrogens is 598 g/mol. The van der Waals surface area contributed by atoms with Gasteiger partial charge in [-0.25, -0.2) is 0 Å². The van der Waals surface area contributed by atoms with Gasteiger partial charge in [0.05, 0.1) is 46.0 Å². The molecule has 3 aliphatic heterocycles. The van der Waals surface area contributed by atoms with Crippen LogP contribution in [-0.4, -0.2) is 75.3 Å². The zero-order valence-corrected chi connectivity index (χ0v) is 28.2. The van der Waals surface area contributed by atoms with Gasteiger partial charge in [0.25, 0.3) is 11.8 Å². The van der Waals surface area contributed by atoms with Crippen LogP contribution in [0.1, 0.15) is 42.1 Å². The molecule has 0 aliphatic carbocycles. The van der Waals surface area contributed by atoms with Crippen LogP contribution >= 0.6 is 0 Å². The summed E-state index contributed by atoms with van der Waals surface area (Å²) in [5, 5.41) is 14.1. The minimum Gasteiger partial charge on any atom is -0.497 e. The van der Waals surface area contributed by atoms with Gasteiger partial charge in [0.2, 0.25) is 5.91 Å². The Bertz CT molecular complexity index is 1630. The molecule has 0 aromatic heterocycles. The Morgan fingerprint density at radius 2 is 1.80 bits per heavy atom. The van der Waals surface area contributed by atoms with Crippen LogP contribution in [0.15, 0.2) is 72.8 Å². The standard InChI is InChI=1S/C36H43N3O6Si/c1-23-33(46(4,5)28-16-14-27(44-3)15-17-28)31(21-32(41)39-19-9-12-26(39)22-40)45-36(23)29-20-25(13-18-30(29)38(2)35(36)43)37-34(42)24-10-7-6-8-11-24/h6-8,10-11,13-18,20,23,26,31,33,40H,9,12,19,21-22H2,1-5H3,(H,37,42)/t23-,26+,31+,33-,36+/m1/s1. The first-order valence-corrected chi connectivity index (χ1v) is 19.1. The summed E-state index contributed by atoms with van der Waals surface area (Å²) in [6, 6.07) is 22.4. The number of benzene rings is 3. The average Bonchev–Trinajstić information content (AvgIpc) is 3.72. The molecule has 242 valence electrons. The van der Waals surface area contributed by atoms with Crippen molar-refractivity contribution in [1.82, 2.24) is 4.90 Å². The number of ether oxygens (including phenoxy) is 2. The summed E-state index contributed by atoms with van der Waals surface area (Å²) in [4.78, 5) is 44.8. The quantitative estimate of drug-likeness (QED) is 0.351. The van der Waals surface area contributed by atoms with E-state index < -0.39 is 19.8 Å². The summed E-state index contributed by atoms with van der Waals surface area (Å²) in [5.74, 6) is 0.0143. The van der Waals surface area contributed by atoms with Crippen molar-refractivity contribution in [2.24, 2.45) is 5.92 Å². The third-order valence-electron chi connectivity index (χ3n) is 10.5. The second-order valence-electron chi connectivity index (χ2n) is 13.3. The van der Waals surface area contributed by atoms with Crippen molar-refractivity contribution in [2.45, 2.75) is 62.6 Å². The Balaban J connectivity index is 1.41. The molecule has 3 amide bonds. The minimum atomic E-state index is -2.43. The van der Waals surface area contributed by atoms with Gasteiger partial charge in [-0.15, -0.1) is 0 Å². The number of nitrogens with zero attached hydrogens (tertiary/aromatic N) is 2. The molecule has 1 spiro atoms. The van der Waals surface area contributed by atoms with Gasteiger partial charge in [-0.1, -0.05) is 55.5 Å². The fourth-order valence-electron chi connectivity index (χ4n) is 8.13. The Labute approximate surface area is 271 Å². The maximum atomic E-state index is 14.4. The number of hydrogen-bond acceptors (Lipinski definition) is 6. The van der Waals surface area contributed by atoms with Crippen LogP contribution in [0.2, 0.25) is 18.6 Å². The van der Waals surface area contributed by atoms with E-state index in [1.165, 1.54) is 5.19 Å². The monoisotopic (exact) mass is 641 g/mol. The van der Waals surface area contributed by atoms with Crippen molar-refractivity contribution >= 4 is 42.4 Å². The van der Waals surface area contributed by atoms with Crippen molar-refractivity contribution in [1.29, 1.82) is 0 Å². The van der Waals surface area contributed by atoms with Crippen molar-refractivity contribution in [3.63, 3.8) is 0 Å². The van der Waals surface area contributed by atoms with E-state index in [9.17, 15) is 19.5 Å². The number of carbonyl (C=O) groups is 3. The molecule has 2 N–H and O–H groups in total. The van der Waals surface area contributed by atoms with E-state index in [1.54, 1.807) is 42.2 Å². The van der Waals surface area contributed by atoms with Gasteiger partial charge in [0.15, 0.2) is 5.60 Å². The lowest BCUT2D eigenvalue weighted by atomic mass is 9.82. The number of amides is 3. The van der Waals surface area contributed by atoms with Gasteiger partial charge < -0.3 is 29.7 Å². The Morgan fingerprint density at radius 3 is 2.48 bits per heavy atom. The van der Waals surface area contributed by atoms with Crippen molar-refractivity contribution in [3.8, 4) is 5.75 Å². The summed E-state index contributed by atoms with van der Waals surface area (Å²) in [5.41, 5.74) is 1.09. The molecular formula is C36H43N3O6Si. The summed E-state index contributed by atoms with van der Waals surface area (Å²) >= 11 is 0. The number of anilines is 2. The zero-order chi connectivity index (χ0) is 32.8. The lowest BCUT2D eigenvalue weighted by molar-refractivity contribution is -0.149. The third kappa shape index (κ3) is 5.22. The highest BCUT2D eigenvalue weighted by atomic mass is 28.3. The molecule has 3 aliphatic rings. The van der Waals surface area contributed by atoms with E-state index in [2.05, 4.69) is 37.5 Å². The number of nitrogens with one attached hydrogen (secondary N) is 1. The molecule has 2 saturated heterocycles. The smallest absolute Gasteiger partial charge is 0.264 e. The summed E-state index contributed by atoms with van der Waals surface area (Å²) in [7, 11) is 0.965. The van der Waals surface area contributed by atoms with E-state index in [-0.39, 0.29) is 48.3 Å². The third-order valence-corrected chi connectivity index (χ3v) is 14.9. The zero-order valence-electron chi connectivity index (χ0n) is 27.2. The van der Waals surface area contributed by atoms with Crippen molar-refractivity contribution < 1.29 is 29.0 Å². The van der Waals surface area contributed by atoms with Gasteiger partial charge >= 0.3 is 0 Å². The number of hydrogen-bond donors (Lipinski definition) is 2. The second-order valence-corrected chi connectivity index (χ2v) is 18.0. The van der Waals surface area contributed by atoms with Gasteiger partial charge in [-0.05, 0) is 60.8 Å². The van der Waals surface area contributed by atoms with Crippen LogP contribution in [0.4, 0.5) is 11.4 Å². The number of likely N-dealkylation sites (N-methyl/N-ethyl adjacent to an activating group) is 1. The molecule has 0 saturated carbocycles. The van der Waals surface area contributed by atoms with E-state index in [4.69, 9.17) is 9.47 Å². The first-order valence-electron chi connectivity index (χ1n) is 16.0. The summed E-state index contributed by atoms with van der Waals surface area (Å²) in [6.45, 7) is 7.18. The lowest BCUT2D eigenvalue weighted by Gasteiger charge is -2.37. The summed E-state index contributed by atoms with van der Waals surface area (Å²) < 4.78 is 12.5. The predicted octanol–water partition coefficient (Wildman–Crippen LogP) is 4.51. The number of rotatable bonds is 8. The SMILES string of the molecule is COc1ccc([Si](C)(C)[C@H]2[C@H](CC(=O)N3CCC[C@H]3CO)O[C@@]3(C(=O)N(C)c4ccc(NC(=O)c5ccccc5)cc43)[C@@H]2C)cc1. The van der Waals surface area contributed by atoms with Gasteiger partial charge in [-0.3, -0.25) is 14.4 Å². The topological polar surface area (TPSA) is 108 Å². The van der Waals surface area contributed by atoms with Crippen LogP contribution in [0, 0.1) is 5.92 Å². The van der Waals surface area contributed by atoms with Crippen molar-refractivity contribution in [2.75, 3.05) is 37.5 Å². The first-order chi connectivity index (χ1) is 22.0. The minimum absolute atomic E-state index is 0.0572. The largest absolute Gasteiger partial charge is 0.497 e. The van der Waals surface area contributed by atoms with Gasteiger partial charge in [-0.2, -0.15) is 0 Å². The van der Waals surface area contributed by atoms with Crippen LogP contribution in [0.3, 0.4) is 0 Å². The van der Waals surface area contributed by atoms with Crippen LogP contribution in [0.25, 0.3) is 0 Å². The van der Waals surface area contributed by atoms with E-state index in [1.807, 2.05) is 42.5 Å². The highest BCUT2D eigenvalue weighted by Crippen LogP contribution is 2.60. The first kappa shape index (κ1) is 32.0. The molecule has 0 bridgehead atoms. The number of aliphatic hydroxyl groups is 1. The Morgan fingerprint density at radius 1 is 1.09 bits per heavy atom. The molecule has 3 heterocycles. The maximum Gasteiger partial charge on any atom is 0.264 e. The van der Waals surface area contributed by atoms with E-state index in [0.717, 1.165) is 24.3 Å². The van der Waals surface area contributed by atoms with Gasteiger partial charge in [0, 0.05) is 36.3 Å².